The predicted octanol–water partition coefficient (Wildman–Crippen LogP) is 2.29. The molecule has 2 aromatic rings. The van der Waals surface area contributed by atoms with Gasteiger partial charge in [0.2, 0.25) is 0 Å². The van der Waals surface area contributed by atoms with Gasteiger partial charge in [0.1, 0.15) is 5.58 Å². The molecule has 1 N–H and O–H groups in total. The normalized spacial score (nSPS) is 19.2. The molecule has 3 rings (SSSR count). The van der Waals surface area contributed by atoms with Crippen LogP contribution in [0, 0.1) is 0 Å². The first kappa shape index (κ1) is 13.9. The summed E-state index contributed by atoms with van der Waals surface area (Å²) in [7, 11) is 0. The first-order valence-corrected chi connectivity index (χ1v) is 6.25. The molecule has 1 fully saturated rings. The topological polar surface area (TPSA) is 45.5 Å². The van der Waals surface area contributed by atoms with E-state index in [-0.39, 0.29) is 18.3 Å². The van der Waals surface area contributed by atoms with Crippen LogP contribution in [0.25, 0.3) is 11.0 Å². The fraction of sp³-hybridized carbons (Fsp3) is 0.357. The molecule has 0 spiro atoms. The maximum atomic E-state index is 12.3. The summed E-state index contributed by atoms with van der Waals surface area (Å²) in [5, 5.41) is 4.30. The Morgan fingerprint density at radius 1 is 1.42 bits per heavy atom. The van der Waals surface area contributed by atoms with Crippen LogP contribution in [0.2, 0.25) is 0 Å². The Labute approximate surface area is 118 Å². The summed E-state index contributed by atoms with van der Waals surface area (Å²) in [5.41, 5.74) is 0.768. The van der Waals surface area contributed by atoms with E-state index in [1.54, 1.807) is 0 Å². The highest BCUT2D eigenvalue weighted by Gasteiger charge is 2.24. The number of hydrogen-bond donors (Lipinski definition) is 1. The van der Waals surface area contributed by atoms with Gasteiger partial charge in [-0.1, -0.05) is 18.2 Å². The molecular weight excluding hydrogens is 264 g/mol. The molecule has 1 aromatic carbocycles. The number of rotatable bonds is 1. The van der Waals surface area contributed by atoms with Gasteiger partial charge in [-0.25, -0.2) is 0 Å². The molecule has 0 saturated carbocycles. The summed E-state index contributed by atoms with van der Waals surface area (Å²) in [6.45, 7) is 4.39. The van der Waals surface area contributed by atoms with Crippen LogP contribution in [0.3, 0.4) is 0 Å². The third-order valence-electron chi connectivity index (χ3n) is 3.29. The van der Waals surface area contributed by atoms with E-state index in [4.69, 9.17) is 4.42 Å². The highest BCUT2D eigenvalue weighted by atomic mass is 35.5. The fourth-order valence-electron chi connectivity index (χ4n) is 2.36. The van der Waals surface area contributed by atoms with Crippen molar-refractivity contribution in [2.75, 3.05) is 19.6 Å². The monoisotopic (exact) mass is 280 g/mol. The molecule has 1 atom stereocenters. The lowest BCUT2D eigenvalue weighted by Crippen LogP contribution is -2.51. The van der Waals surface area contributed by atoms with Gasteiger partial charge >= 0.3 is 0 Å². The Kier molecular flexibility index (Phi) is 4.12. The van der Waals surface area contributed by atoms with Gasteiger partial charge in [0.05, 0.1) is 0 Å². The minimum absolute atomic E-state index is 0. The lowest BCUT2D eigenvalue weighted by atomic mass is 10.2. The number of halogens is 1. The van der Waals surface area contributed by atoms with Crippen molar-refractivity contribution < 1.29 is 9.21 Å². The van der Waals surface area contributed by atoms with E-state index < -0.39 is 0 Å². The van der Waals surface area contributed by atoms with Crippen molar-refractivity contribution in [2.45, 2.75) is 13.0 Å². The molecule has 0 unspecified atom stereocenters. The largest absolute Gasteiger partial charge is 0.451 e. The predicted molar refractivity (Wildman–Crippen MR) is 76.8 cm³/mol. The van der Waals surface area contributed by atoms with Crippen molar-refractivity contribution in [3.63, 3.8) is 0 Å². The zero-order valence-electron chi connectivity index (χ0n) is 10.8. The average Bonchev–Trinajstić information content (AvgIpc) is 2.81. The molecule has 1 amide bonds. The van der Waals surface area contributed by atoms with Crippen LogP contribution < -0.4 is 5.32 Å². The van der Waals surface area contributed by atoms with Gasteiger partial charge in [-0.2, -0.15) is 0 Å². The van der Waals surface area contributed by atoms with Crippen LogP contribution in [0.15, 0.2) is 34.7 Å². The summed E-state index contributed by atoms with van der Waals surface area (Å²) in [4.78, 5) is 14.2. The van der Waals surface area contributed by atoms with Crippen molar-refractivity contribution in [2.24, 2.45) is 0 Å². The highest BCUT2D eigenvalue weighted by Crippen LogP contribution is 2.20. The van der Waals surface area contributed by atoms with E-state index >= 15 is 0 Å². The number of piperazine rings is 1. The van der Waals surface area contributed by atoms with Gasteiger partial charge in [-0.3, -0.25) is 4.79 Å². The second kappa shape index (κ2) is 5.63. The highest BCUT2D eigenvalue weighted by molar-refractivity contribution is 5.96. The quantitative estimate of drug-likeness (QED) is 0.872. The van der Waals surface area contributed by atoms with Crippen molar-refractivity contribution in [1.29, 1.82) is 0 Å². The summed E-state index contributed by atoms with van der Waals surface area (Å²) in [6.07, 6.45) is 0. The first-order chi connectivity index (χ1) is 8.74. The number of para-hydroxylation sites is 1. The number of nitrogens with zero attached hydrogens (tertiary/aromatic N) is 1. The molecular formula is C14H17ClN2O2. The third-order valence-corrected chi connectivity index (χ3v) is 3.29. The Hall–Kier alpha value is -1.52. The number of hydrogen-bond acceptors (Lipinski definition) is 3. The number of furan rings is 1. The molecule has 19 heavy (non-hydrogen) atoms. The first-order valence-electron chi connectivity index (χ1n) is 6.25. The van der Waals surface area contributed by atoms with Gasteiger partial charge in [0.15, 0.2) is 5.76 Å². The van der Waals surface area contributed by atoms with Gasteiger partial charge in [0, 0.05) is 31.1 Å². The standard InChI is InChI=1S/C14H16N2O2.ClH/c1-10-9-16(7-6-15-10)14(17)13-8-11-4-2-3-5-12(11)18-13;/h2-5,8,10,15H,6-7,9H2,1H3;1H/t10-;/m0./s1. The van der Waals surface area contributed by atoms with Crippen molar-refractivity contribution in [3.05, 3.63) is 36.1 Å². The second-order valence-electron chi connectivity index (χ2n) is 4.75. The number of carbonyl (C=O) groups excluding carboxylic acids is 1. The third kappa shape index (κ3) is 2.74. The van der Waals surface area contributed by atoms with E-state index in [1.807, 2.05) is 35.2 Å². The van der Waals surface area contributed by atoms with Crippen LogP contribution in [0.5, 0.6) is 0 Å². The maximum absolute atomic E-state index is 12.3. The Bertz CT molecular complexity index is 549. The number of carbonyl (C=O) groups is 1. The maximum Gasteiger partial charge on any atom is 0.289 e. The van der Waals surface area contributed by atoms with Crippen molar-refractivity contribution >= 4 is 29.3 Å². The molecule has 0 radical (unpaired) electrons. The second-order valence-corrected chi connectivity index (χ2v) is 4.75. The number of benzene rings is 1. The molecule has 0 aliphatic carbocycles. The smallest absolute Gasteiger partial charge is 0.289 e. The summed E-state index contributed by atoms with van der Waals surface area (Å²) < 4.78 is 5.61. The molecule has 2 heterocycles. The zero-order valence-corrected chi connectivity index (χ0v) is 11.6. The number of amides is 1. The lowest BCUT2D eigenvalue weighted by molar-refractivity contribution is 0.0679. The molecule has 1 aromatic heterocycles. The molecule has 5 heteroatoms. The minimum Gasteiger partial charge on any atom is -0.451 e. The van der Waals surface area contributed by atoms with Gasteiger partial charge in [0.25, 0.3) is 5.91 Å². The van der Waals surface area contributed by atoms with E-state index in [9.17, 15) is 4.79 Å². The van der Waals surface area contributed by atoms with Crippen molar-refractivity contribution in [3.8, 4) is 0 Å². The minimum atomic E-state index is -0.0143. The van der Waals surface area contributed by atoms with Gasteiger partial charge < -0.3 is 14.6 Å². The van der Waals surface area contributed by atoms with E-state index in [1.165, 1.54) is 0 Å². The lowest BCUT2D eigenvalue weighted by Gasteiger charge is -2.31. The average molecular weight is 281 g/mol. The molecule has 1 aliphatic rings. The molecule has 102 valence electrons. The van der Waals surface area contributed by atoms with E-state index in [2.05, 4.69) is 12.2 Å². The Morgan fingerprint density at radius 2 is 2.21 bits per heavy atom. The zero-order chi connectivity index (χ0) is 12.5. The summed E-state index contributed by atoms with van der Waals surface area (Å²) in [6, 6.07) is 9.85. The van der Waals surface area contributed by atoms with Crippen LogP contribution in [-0.2, 0) is 0 Å². The summed E-state index contributed by atoms with van der Waals surface area (Å²) >= 11 is 0. The fourth-order valence-corrected chi connectivity index (χ4v) is 2.36. The molecule has 1 aliphatic heterocycles. The van der Waals surface area contributed by atoms with Crippen LogP contribution in [0.1, 0.15) is 17.5 Å². The molecule has 0 bridgehead atoms. The van der Waals surface area contributed by atoms with Crippen LogP contribution in [-0.4, -0.2) is 36.5 Å². The SMILES string of the molecule is C[C@H]1CN(C(=O)c2cc3ccccc3o2)CCN1.Cl. The Balaban J connectivity index is 0.00000133. The Morgan fingerprint density at radius 3 is 2.95 bits per heavy atom. The van der Waals surface area contributed by atoms with Crippen molar-refractivity contribution in [1.82, 2.24) is 10.2 Å². The van der Waals surface area contributed by atoms with E-state index in [0.29, 0.717) is 11.8 Å². The van der Waals surface area contributed by atoms with Gasteiger partial charge in [-0.15, -0.1) is 12.4 Å². The number of fused-ring (bicyclic) bond motifs is 1. The summed E-state index contributed by atoms with van der Waals surface area (Å²) in [5.74, 6) is 0.421. The molecule has 1 saturated heterocycles. The number of nitrogens with one attached hydrogen (secondary N) is 1. The van der Waals surface area contributed by atoms with Crippen LogP contribution in [0.4, 0.5) is 0 Å². The van der Waals surface area contributed by atoms with Crippen LogP contribution >= 0.6 is 12.4 Å². The van der Waals surface area contributed by atoms with E-state index in [0.717, 1.165) is 30.6 Å². The van der Waals surface area contributed by atoms with Gasteiger partial charge in [-0.05, 0) is 19.1 Å². The molecule has 4 nitrogen and oxygen atoms in total.